The SMILES string of the molecule is O=C(OCc1ccccc1)N1CC(O)(C(F)F)C1. The van der Waals surface area contributed by atoms with E-state index in [1.54, 1.807) is 12.1 Å². The lowest BCUT2D eigenvalue weighted by Gasteiger charge is -2.44. The van der Waals surface area contributed by atoms with Gasteiger partial charge in [0.15, 0.2) is 5.60 Å². The van der Waals surface area contributed by atoms with E-state index >= 15 is 0 Å². The molecule has 1 aliphatic rings. The van der Waals surface area contributed by atoms with Crippen LogP contribution in [0.5, 0.6) is 0 Å². The first kappa shape index (κ1) is 12.8. The Morgan fingerprint density at radius 3 is 2.56 bits per heavy atom. The van der Waals surface area contributed by atoms with Gasteiger partial charge in [-0.2, -0.15) is 0 Å². The maximum atomic E-state index is 12.3. The molecule has 18 heavy (non-hydrogen) atoms. The number of benzene rings is 1. The molecule has 0 unspecified atom stereocenters. The second-order valence-corrected chi connectivity index (χ2v) is 4.30. The van der Waals surface area contributed by atoms with Crippen LogP contribution in [0.4, 0.5) is 13.6 Å². The molecule has 0 aliphatic carbocycles. The molecule has 1 saturated heterocycles. The van der Waals surface area contributed by atoms with Gasteiger partial charge in [0.05, 0.1) is 13.1 Å². The van der Waals surface area contributed by atoms with Crippen LogP contribution in [0.3, 0.4) is 0 Å². The number of hydrogen-bond donors (Lipinski definition) is 1. The summed E-state index contributed by atoms with van der Waals surface area (Å²) in [4.78, 5) is 12.5. The maximum Gasteiger partial charge on any atom is 0.410 e. The Kier molecular flexibility index (Phi) is 3.47. The number of carbonyl (C=O) groups is 1. The lowest BCUT2D eigenvalue weighted by Crippen LogP contribution is -2.67. The van der Waals surface area contributed by atoms with E-state index in [1.807, 2.05) is 18.2 Å². The van der Waals surface area contributed by atoms with Gasteiger partial charge in [0.25, 0.3) is 6.43 Å². The molecule has 0 aromatic heterocycles. The van der Waals surface area contributed by atoms with E-state index < -0.39 is 31.2 Å². The zero-order chi connectivity index (χ0) is 13.2. The quantitative estimate of drug-likeness (QED) is 0.895. The molecule has 1 heterocycles. The van der Waals surface area contributed by atoms with Gasteiger partial charge in [0, 0.05) is 0 Å². The highest BCUT2D eigenvalue weighted by Gasteiger charge is 2.51. The lowest BCUT2D eigenvalue weighted by molar-refractivity contribution is -0.170. The third-order valence-corrected chi connectivity index (χ3v) is 2.80. The molecule has 1 aromatic rings. The summed E-state index contributed by atoms with van der Waals surface area (Å²) in [7, 11) is 0. The summed E-state index contributed by atoms with van der Waals surface area (Å²) in [5.41, 5.74) is -1.26. The Hall–Kier alpha value is -1.69. The van der Waals surface area contributed by atoms with Gasteiger partial charge in [-0.3, -0.25) is 0 Å². The van der Waals surface area contributed by atoms with Crippen LogP contribution < -0.4 is 0 Å². The number of halogens is 2. The van der Waals surface area contributed by atoms with Gasteiger partial charge in [-0.1, -0.05) is 30.3 Å². The Labute approximate surface area is 103 Å². The van der Waals surface area contributed by atoms with Crippen molar-refractivity contribution in [3.63, 3.8) is 0 Å². The van der Waals surface area contributed by atoms with Crippen LogP contribution in [-0.4, -0.2) is 41.2 Å². The van der Waals surface area contributed by atoms with Gasteiger partial charge < -0.3 is 14.7 Å². The molecule has 1 aliphatic heterocycles. The number of rotatable bonds is 3. The molecule has 1 fully saturated rings. The van der Waals surface area contributed by atoms with Crippen LogP contribution in [0.2, 0.25) is 0 Å². The number of amides is 1. The molecule has 0 atom stereocenters. The van der Waals surface area contributed by atoms with Crippen molar-refractivity contribution in [2.75, 3.05) is 13.1 Å². The standard InChI is InChI=1S/C12H13F2NO3/c13-10(14)12(17)7-15(8-12)11(16)18-6-9-4-2-1-3-5-9/h1-5,10,17H,6-8H2. The van der Waals surface area contributed by atoms with Crippen molar-refractivity contribution in [2.45, 2.75) is 18.6 Å². The van der Waals surface area contributed by atoms with Crippen molar-refractivity contribution in [3.05, 3.63) is 35.9 Å². The number of β-amino-alcohol motifs (C(OH)–C–C–N with tert-alkyl or cyclic N) is 1. The summed E-state index contributed by atoms with van der Waals surface area (Å²) < 4.78 is 29.6. The van der Waals surface area contributed by atoms with Crippen molar-refractivity contribution in [2.24, 2.45) is 0 Å². The normalized spacial score (nSPS) is 17.4. The van der Waals surface area contributed by atoms with E-state index in [1.165, 1.54) is 0 Å². The first-order valence-corrected chi connectivity index (χ1v) is 5.47. The molecule has 2 rings (SSSR count). The van der Waals surface area contributed by atoms with Gasteiger partial charge in [0.1, 0.15) is 6.61 Å². The van der Waals surface area contributed by atoms with Gasteiger partial charge >= 0.3 is 6.09 Å². The minimum Gasteiger partial charge on any atom is -0.445 e. The summed E-state index contributed by atoms with van der Waals surface area (Å²) in [5.74, 6) is 0. The topological polar surface area (TPSA) is 49.8 Å². The fourth-order valence-corrected chi connectivity index (χ4v) is 1.69. The highest BCUT2D eigenvalue weighted by atomic mass is 19.3. The number of alkyl halides is 2. The molecule has 0 saturated carbocycles. The molecular weight excluding hydrogens is 244 g/mol. The summed E-state index contributed by atoms with van der Waals surface area (Å²) in [6.07, 6.45) is -3.54. The summed E-state index contributed by atoms with van der Waals surface area (Å²) >= 11 is 0. The number of aliphatic hydroxyl groups is 1. The van der Waals surface area contributed by atoms with Gasteiger partial charge in [-0.25, -0.2) is 13.6 Å². The smallest absolute Gasteiger partial charge is 0.410 e. The molecule has 1 amide bonds. The third kappa shape index (κ3) is 2.59. The molecule has 0 spiro atoms. The predicted molar refractivity (Wildman–Crippen MR) is 59.2 cm³/mol. The van der Waals surface area contributed by atoms with Crippen molar-refractivity contribution in [1.82, 2.24) is 4.90 Å². The fraction of sp³-hybridized carbons (Fsp3) is 0.417. The fourth-order valence-electron chi connectivity index (χ4n) is 1.69. The Balaban J connectivity index is 1.78. The van der Waals surface area contributed by atoms with Gasteiger partial charge in [-0.15, -0.1) is 0 Å². The van der Waals surface area contributed by atoms with Gasteiger partial charge in [0.2, 0.25) is 0 Å². The number of nitrogens with zero attached hydrogens (tertiary/aromatic N) is 1. The van der Waals surface area contributed by atoms with Crippen molar-refractivity contribution in [1.29, 1.82) is 0 Å². The number of hydrogen-bond acceptors (Lipinski definition) is 3. The van der Waals surface area contributed by atoms with Crippen LogP contribution in [0.1, 0.15) is 5.56 Å². The van der Waals surface area contributed by atoms with Crippen molar-refractivity contribution in [3.8, 4) is 0 Å². The molecule has 1 N–H and O–H groups in total. The zero-order valence-electron chi connectivity index (χ0n) is 9.55. The molecular formula is C12H13F2NO3. The molecule has 0 radical (unpaired) electrons. The van der Waals surface area contributed by atoms with E-state index in [4.69, 9.17) is 4.74 Å². The van der Waals surface area contributed by atoms with E-state index in [9.17, 15) is 18.7 Å². The van der Waals surface area contributed by atoms with Crippen LogP contribution in [0.15, 0.2) is 30.3 Å². The Bertz CT molecular complexity index is 419. The van der Waals surface area contributed by atoms with Crippen LogP contribution >= 0.6 is 0 Å². The van der Waals surface area contributed by atoms with E-state index in [-0.39, 0.29) is 6.61 Å². The summed E-state index contributed by atoms with van der Waals surface area (Å²) in [5, 5.41) is 9.29. The summed E-state index contributed by atoms with van der Waals surface area (Å²) in [6, 6.07) is 9.03. The average molecular weight is 257 g/mol. The monoisotopic (exact) mass is 257 g/mol. The molecule has 98 valence electrons. The molecule has 0 bridgehead atoms. The first-order chi connectivity index (χ1) is 8.51. The van der Waals surface area contributed by atoms with Crippen LogP contribution in [0, 0.1) is 0 Å². The van der Waals surface area contributed by atoms with Crippen LogP contribution in [0.25, 0.3) is 0 Å². The number of likely N-dealkylation sites (tertiary alicyclic amines) is 1. The molecule has 4 nitrogen and oxygen atoms in total. The van der Waals surface area contributed by atoms with Gasteiger partial charge in [-0.05, 0) is 5.56 Å². The van der Waals surface area contributed by atoms with E-state index in [0.717, 1.165) is 10.5 Å². The van der Waals surface area contributed by atoms with Crippen LogP contribution in [-0.2, 0) is 11.3 Å². The Morgan fingerprint density at radius 2 is 2.00 bits per heavy atom. The highest BCUT2D eigenvalue weighted by Crippen LogP contribution is 2.28. The third-order valence-electron chi connectivity index (χ3n) is 2.80. The largest absolute Gasteiger partial charge is 0.445 e. The molecule has 1 aromatic carbocycles. The van der Waals surface area contributed by atoms with Crippen molar-refractivity contribution < 1.29 is 23.4 Å². The zero-order valence-corrected chi connectivity index (χ0v) is 9.55. The first-order valence-electron chi connectivity index (χ1n) is 5.47. The maximum absolute atomic E-state index is 12.3. The second-order valence-electron chi connectivity index (χ2n) is 4.30. The number of ether oxygens (including phenoxy) is 1. The summed E-state index contributed by atoms with van der Waals surface area (Å²) in [6.45, 7) is -0.695. The Morgan fingerprint density at radius 1 is 1.39 bits per heavy atom. The highest BCUT2D eigenvalue weighted by molar-refractivity contribution is 5.69. The average Bonchev–Trinajstić information content (AvgIpc) is 2.33. The van der Waals surface area contributed by atoms with Crippen molar-refractivity contribution >= 4 is 6.09 Å². The lowest BCUT2D eigenvalue weighted by atomic mass is 9.96. The second kappa shape index (κ2) is 4.89. The minimum absolute atomic E-state index is 0.0866. The van der Waals surface area contributed by atoms with E-state index in [0.29, 0.717) is 0 Å². The minimum atomic E-state index is -2.85. The predicted octanol–water partition coefficient (Wildman–Crippen LogP) is 1.64. The van der Waals surface area contributed by atoms with E-state index in [2.05, 4.69) is 0 Å². The number of carbonyl (C=O) groups excluding carboxylic acids is 1. The molecule has 6 heteroatoms.